The van der Waals surface area contributed by atoms with Crippen molar-refractivity contribution < 1.29 is 0 Å². The molecular formula is C5H10Cl2N2. The molecule has 0 aromatic carbocycles. The molecule has 0 radical (unpaired) electrons. The zero-order chi connectivity index (χ0) is 6.69. The Bertz CT molecular complexity index is 79.0. The van der Waals surface area contributed by atoms with Crippen molar-refractivity contribution in [2.24, 2.45) is 0 Å². The van der Waals surface area contributed by atoms with Gasteiger partial charge in [0.2, 0.25) is 0 Å². The third-order valence-electron chi connectivity index (χ3n) is 1.42. The van der Waals surface area contributed by atoms with Crippen molar-refractivity contribution in [2.45, 2.75) is 19.3 Å². The molecule has 1 heterocycles. The van der Waals surface area contributed by atoms with E-state index in [4.69, 9.17) is 23.6 Å². The van der Waals surface area contributed by atoms with Crippen molar-refractivity contribution in [3.63, 3.8) is 0 Å². The Balaban J connectivity index is 2.32. The van der Waals surface area contributed by atoms with Crippen molar-refractivity contribution in [1.29, 1.82) is 0 Å². The maximum Gasteiger partial charge on any atom is 0.0311 e. The fraction of sp³-hybridized carbons (Fsp3) is 1.00. The first-order valence-corrected chi connectivity index (χ1v) is 3.85. The first-order chi connectivity index (χ1) is 4.30. The molecule has 4 heteroatoms. The highest BCUT2D eigenvalue weighted by molar-refractivity contribution is 6.19. The van der Waals surface area contributed by atoms with Gasteiger partial charge in [-0.25, -0.2) is 0 Å². The van der Waals surface area contributed by atoms with Crippen LogP contribution in [0.5, 0.6) is 0 Å². The van der Waals surface area contributed by atoms with E-state index in [0.717, 1.165) is 25.9 Å². The van der Waals surface area contributed by atoms with Gasteiger partial charge in [0.25, 0.3) is 0 Å². The van der Waals surface area contributed by atoms with Crippen LogP contribution in [0.2, 0.25) is 0 Å². The number of hydrogen-bond acceptors (Lipinski definition) is 2. The molecule has 0 unspecified atom stereocenters. The highest BCUT2D eigenvalue weighted by atomic mass is 35.5. The van der Waals surface area contributed by atoms with E-state index in [9.17, 15) is 0 Å². The predicted molar refractivity (Wildman–Crippen MR) is 39.0 cm³/mol. The summed E-state index contributed by atoms with van der Waals surface area (Å²) in [4.78, 5) is 0. The summed E-state index contributed by atoms with van der Waals surface area (Å²) in [6, 6.07) is 0. The minimum Gasteiger partial charge on any atom is -0.139 e. The summed E-state index contributed by atoms with van der Waals surface area (Å²) in [5.41, 5.74) is 0. The Morgan fingerprint density at radius 1 is 0.778 bits per heavy atom. The molecule has 0 aromatic rings. The van der Waals surface area contributed by atoms with Crippen molar-refractivity contribution >= 4 is 23.6 Å². The first kappa shape index (κ1) is 7.61. The van der Waals surface area contributed by atoms with Gasteiger partial charge in [-0.05, 0) is 36.4 Å². The van der Waals surface area contributed by atoms with Gasteiger partial charge in [-0.1, -0.05) is 6.42 Å². The van der Waals surface area contributed by atoms with Crippen LogP contribution in [0.25, 0.3) is 0 Å². The third-order valence-corrected chi connectivity index (χ3v) is 2.20. The lowest BCUT2D eigenvalue weighted by Crippen LogP contribution is -2.26. The van der Waals surface area contributed by atoms with Crippen LogP contribution in [0.15, 0.2) is 0 Å². The minimum absolute atomic E-state index is 0.866. The third kappa shape index (κ3) is 2.30. The summed E-state index contributed by atoms with van der Waals surface area (Å²) in [7, 11) is 0. The molecule has 0 aliphatic carbocycles. The number of halogens is 2. The molecule has 9 heavy (non-hydrogen) atoms. The van der Waals surface area contributed by atoms with Crippen molar-refractivity contribution in [3.05, 3.63) is 0 Å². The fourth-order valence-corrected chi connectivity index (χ4v) is 1.27. The van der Waals surface area contributed by atoms with E-state index in [2.05, 4.69) is 0 Å². The first-order valence-electron chi connectivity index (χ1n) is 3.17. The molecule has 0 aromatic heterocycles. The molecular weight excluding hydrogens is 159 g/mol. The second kappa shape index (κ2) is 3.62. The van der Waals surface area contributed by atoms with Crippen LogP contribution in [-0.4, -0.2) is 22.1 Å². The molecule has 1 rings (SSSR count). The van der Waals surface area contributed by atoms with Crippen LogP contribution in [0, 0.1) is 0 Å². The van der Waals surface area contributed by atoms with E-state index >= 15 is 0 Å². The highest BCUT2D eigenvalue weighted by Crippen LogP contribution is 2.14. The second-order valence-corrected chi connectivity index (χ2v) is 2.96. The minimum atomic E-state index is 0.866. The topological polar surface area (TPSA) is 6.48 Å². The summed E-state index contributed by atoms with van der Waals surface area (Å²) in [6.07, 6.45) is 3.52. The summed E-state index contributed by atoms with van der Waals surface area (Å²) in [5, 5.41) is 0. The zero-order valence-electron chi connectivity index (χ0n) is 5.19. The van der Waals surface area contributed by atoms with Gasteiger partial charge in [0.05, 0.1) is 0 Å². The van der Waals surface area contributed by atoms with Gasteiger partial charge in [0.15, 0.2) is 0 Å². The zero-order valence-corrected chi connectivity index (χ0v) is 6.70. The van der Waals surface area contributed by atoms with E-state index in [1.165, 1.54) is 15.5 Å². The van der Waals surface area contributed by atoms with Gasteiger partial charge in [0, 0.05) is 13.1 Å². The van der Waals surface area contributed by atoms with Gasteiger partial charge < -0.3 is 0 Å². The van der Waals surface area contributed by atoms with E-state index in [1.54, 1.807) is 0 Å². The summed E-state index contributed by atoms with van der Waals surface area (Å²) in [5.74, 6) is 0. The summed E-state index contributed by atoms with van der Waals surface area (Å²) < 4.78 is 3.07. The average molecular weight is 169 g/mol. The summed E-state index contributed by atoms with van der Waals surface area (Å²) in [6.45, 7) is 1.73. The molecule has 0 amide bonds. The van der Waals surface area contributed by atoms with Crippen LogP contribution >= 0.6 is 23.6 Å². The van der Waals surface area contributed by atoms with E-state index < -0.39 is 0 Å². The lowest BCUT2D eigenvalue weighted by atomic mass is 10.2. The van der Waals surface area contributed by atoms with Gasteiger partial charge in [-0.2, -0.15) is 0 Å². The smallest absolute Gasteiger partial charge is 0.0311 e. The molecule has 1 aliphatic rings. The molecule has 2 nitrogen and oxygen atoms in total. The maximum atomic E-state index is 5.70. The number of rotatable bonds is 0. The SMILES string of the molecule is ClN1CCCCCN1Cl. The molecule has 54 valence electrons. The molecule has 0 N–H and O–H groups in total. The molecule has 0 spiro atoms. The normalized spacial score (nSPS) is 26.0. The molecule has 1 aliphatic heterocycles. The van der Waals surface area contributed by atoms with Crippen LogP contribution in [-0.2, 0) is 0 Å². The molecule has 0 bridgehead atoms. The lowest BCUT2D eigenvalue weighted by Gasteiger charge is -2.17. The van der Waals surface area contributed by atoms with Gasteiger partial charge in [-0.3, -0.25) is 0 Å². The number of nitrogens with zero attached hydrogens (tertiary/aromatic N) is 2. The standard InChI is InChI=1S/C5H10Cl2N2/c6-8-4-2-1-3-5-9(8)7/h1-5H2. The van der Waals surface area contributed by atoms with Crippen LogP contribution in [0.3, 0.4) is 0 Å². The predicted octanol–water partition coefficient (Wildman–Crippen LogP) is 2.00. The summed E-state index contributed by atoms with van der Waals surface area (Å²) >= 11 is 11.4. The van der Waals surface area contributed by atoms with Crippen molar-refractivity contribution in [1.82, 2.24) is 9.06 Å². The molecule has 1 fully saturated rings. The van der Waals surface area contributed by atoms with Crippen LogP contribution in [0.1, 0.15) is 19.3 Å². The Morgan fingerprint density at radius 3 is 1.67 bits per heavy atom. The quantitative estimate of drug-likeness (QED) is 0.511. The molecule has 0 saturated carbocycles. The van der Waals surface area contributed by atoms with Gasteiger partial charge in [0.1, 0.15) is 0 Å². The van der Waals surface area contributed by atoms with Crippen molar-refractivity contribution in [2.75, 3.05) is 13.1 Å². The molecule has 1 saturated heterocycles. The second-order valence-electron chi connectivity index (χ2n) is 2.18. The van der Waals surface area contributed by atoms with E-state index in [1.807, 2.05) is 0 Å². The Labute approximate surface area is 65.5 Å². The van der Waals surface area contributed by atoms with Crippen molar-refractivity contribution in [3.8, 4) is 0 Å². The van der Waals surface area contributed by atoms with Crippen LogP contribution < -0.4 is 0 Å². The van der Waals surface area contributed by atoms with Gasteiger partial charge in [-0.15, -0.1) is 9.06 Å². The molecule has 0 atom stereocenters. The number of hydrogen-bond donors (Lipinski definition) is 0. The number of hydrazine groups is 1. The monoisotopic (exact) mass is 168 g/mol. The lowest BCUT2D eigenvalue weighted by molar-refractivity contribution is 0.193. The largest absolute Gasteiger partial charge is 0.139 e. The average Bonchev–Trinajstić information content (AvgIpc) is 1.99. The maximum absolute atomic E-state index is 5.70. The Kier molecular flexibility index (Phi) is 3.06. The fourth-order valence-electron chi connectivity index (χ4n) is 0.878. The van der Waals surface area contributed by atoms with Crippen LogP contribution in [0.4, 0.5) is 0 Å². The Morgan fingerprint density at radius 2 is 1.22 bits per heavy atom. The van der Waals surface area contributed by atoms with E-state index in [-0.39, 0.29) is 0 Å². The highest BCUT2D eigenvalue weighted by Gasteiger charge is 2.12. The van der Waals surface area contributed by atoms with Gasteiger partial charge >= 0.3 is 0 Å². The van der Waals surface area contributed by atoms with E-state index in [0.29, 0.717) is 0 Å². The Hall–Kier alpha value is 0.500.